The topological polar surface area (TPSA) is 84.2 Å². The van der Waals surface area contributed by atoms with E-state index in [9.17, 15) is 14.0 Å². The van der Waals surface area contributed by atoms with Crippen molar-refractivity contribution in [2.24, 2.45) is 11.1 Å². The molecule has 2 amide bonds. The quantitative estimate of drug-likeness (QED) is 0.546. The highest BCUT2D eigenvalue weighted by atomic mass is 35.5. The monoisotopic (exact) mass is 435 g/mol. The minimum Gasteiger partial charge on any atom is -0.349 e. The molecule has 2 aromatic carbocycles. The van der Waals surface area contributed by atoms with Crippen molar-refractivity contribution in [1.29, 1.82) is 0 Å². The number of hydrogen-bond acceptors (Lipinski definition) is 3. The van der Waals surface area contributed by atoms with Crippen molar-refractivity contribution < 1.29 is 14.0 Å². The number of anilines is 1. The zero-order valence-electron chi connectivity index (χ0n) is 17.7. The Morgan fingerprint density at radius 1 is 1.10 bits per heavy atom. The van der Waals surface area contributed by atoms with Crippen LogP contribution in [0.15, 0.2) is 48.5 Å². The fourth-order valence-electron chi connectivity index (χ4n) is 3.29. The molecule has 0 fully saturated rings. The normalized spacial score (nSPS) is 11.9. The first-order chi connectivity index (χ1) is 13.8. The molecule has 30 heavy (non-hydrogen) atoms. The first-order valence-electron chi connectivity index (χ1n) is 9.99. The van der Waals surface area contributed by atoms with Crippen LogP contribution in [0, 0.1) is 11.2 Å². The summed E-state index contributed by atoms with van der Waals surface area (Å²) in [7, 11) is 0. The molecule has 1 atom stereocenters. The van der Waals surface area contributed by atoms with E-state index in [2.05, 4.69) is 10.6 Å². The Kier molecular flexibility index (Phi) is 9.96. The van der Waals surface area contributed by atoms with Crippen molar-refractivity contribution in [2.75, 3.05) is 11.9 Å². The number of nitrogens with two attached hydrogens (primary N) is 1. The van der Waals surface area contributed by atoms with Gasteiger partial charge in [0.2, 0.25) is 11.8 Å². The van der Waals surface area contributed by atoms with Crippen LogP contribution in [0.1, 0.15) is 50.8 Å². The van der Waals surface area contributed by atoms with Crippen molar-refractivity contribution in [2.45, 2.75) is 46.1 Å². The molecule has 0 aliphatic heterocycles. The van der Waals surface area contributed by atoms with Crippen LogP contribution in [0.25, 0.3) is 0 Å². The Balaban J connectivity index is 0.00000450. The molecule has 0 aliphatic carbocycles. The SMILES string of the molecule is CCC(CC)(CN)C(=O)NC(C)c1cccc(NC(=O)Cc2ccccc2F)c1.Cl. The van der Waals surface area contributed by atoms with Crippen LogP contribution in [-0.4, -0.2) is 18.4 Å². The van der Waals surface area contributed by atoms with Gasteiger partial charge in [0.1, 0.15) is 5.82 Å². The van der Waals surface area contributed by atoms with Gasteiger partial charge in [0, 0.05) is 12.2 Å². The van der Waals surface area contributed by atoms with Gasteiger partial charge in [0.05, 0.1) is 17.9 Å². The number of amides is 2. The molecule has 5 nitrogen and oxygen atoms in total. The van der Waals surface area contributed by atoms with Gasteiger partial charge >= 0.3 is 0 Å². The van der Waals surface area contributed by atoms with Gasteiger partial charge < -0.3 is 16.4 Å². The molecule has 0 saturated carbocycles. The van der Waals surface area contributed by atoms with Crippen molar-refractivity contribution in [3.8, 4) is 0 Å². The highest BCUT2D eigenvalue weighted by Gasteiger charge is 2.34. The second-order valence-corrected chi connectivity index (χ2v) is 7.33. The summed E-state index contributed by atoms with van der Waals surface area (Å²) in [6, 6.07) is 13.2. The second-order valence-electron chi connectivity index (χ2n) is 7.33. The number of benzene rings is 2. The largest absolute Gasteiger partial charge is 0.349 e. The van der Waals surface area contributed by atoms with Gasteiger partial charge in [-0.1, -0.05) is 44.2 Å². The molecule has 0 radical (unpaired) electrons. The summed E-state index contributed by atoms with van der Waals surface area (Å²) in [5.41, 5.74) is 7.10. The summed E-state index contributed by atoms with van der Waals surface area (Å²) in [5.74, 6) is -0.766. The molecule has 0 saturated heterocycles. The van der Waals surface area contributed by atoms with Gasteiger partial charge in [-0.25, -0.2) is 4.39 Å². The lowest BCUT2D eigenvalue weighted by molar-refractivity contribution is -0.131. The number of nitrogens with one attached hydrogen (secondary N) is 2. The Morgan fingerprint density at radius 2 is 1.77 bits per heavy atom. The third-order valence-corrected chi connectivity index (χ3v) is 5.55. The minimum absolute atomic E-state index is 0. The number of rotatable bonds is 9. The van der Waals surface area contributed by atoms with Crippen LogP contribution >= 0.6 is 12.4 Å². The molecule has 0 aliphatic rings. The summed E-state index contributed by atoms with van der Waals surface area (Å²) in [6.45, 7) is 6.12. The molecule has 7 heteroatoms. The molecule has 2 rings (SSSR count). The first-order valence-corrected chi connectivity index (χ1v) is 9.99. The molecule has 4 N–H and O–H groups in total. The maximum atomic E-state index is 13.7. The number of halogens is 2. The second kappa shape index (κ2) is 11.7. The van der Waals surface area contributed by atoms with Crippen LogP contribution in [-0.2, 0) is 16.0 Å². The van der Waals surface area contributed by atoms with E-state index in [4.69, 9.17) is 5.73 Å². The Labute approximate surface area is 184 Å². The van der Waals surface area contributed by atoms with Gasteiger partial charge in [-0.15, -0.1) is 12.4 Å². The molecule has 1 unspecified atom stereocenters. The molecular weight excluding hydrogens is 405 g/mol. The van der Waals surface area contributed by atoms with Crippen molar-refractivity contribution in [3.05, 3.63) is 65.5 Å². The van der Waals surface area contributed by atoms with E-state index in [1.807, 2.05) is 39.0 Å². The van der Waals surface area contributed by atoms with E-state index in [1.54, 1.807) is 24.3 Å². The standard InChI is InChI=1S/C23H30FN3O2.ClH/c1-4-23(5-2,15-25)22(29)26-16(3)17-10-8-11-19(13-17)27-21(28)14-18-9-6-7-12-20(18)24;/h6-13,16H,4-5,14-15,25H2,1-3H3,(H,26,29)(H,27,28);1H. The molecule has 0 heterocycles. The zero-order valence-corrected chi connectivity index (χ0v) is 18.5. The van der Waals surface area contributed by atoms with E-state index in [-0.39, 0.29) is 36.7 Å². The van der Waals surface area contributed by atoms with Gasteiger partial charge in [0.25, 0.3) is 0 Å². The average molecular weight is 436 g/mol. The van der Waals surface area contributed by atoms with E-state index >= 15 is 0 Å². The number of hydrogen-bond donors (Lipinski definition) is 3. The average Bonchev–Trinajstić information content (AvgIpc) is 2.71. The maximum absolute atomic E-state index is 13.7. The fraction of sp³-hybridized carbons (Fsp3) is 0.391. The van der Waals surface area contributed by atoms with Gasteiger partial charge in [-0.2, -0.15) is 0 Å². The number of carbonyl (C=O) groups excluding carboxylic acids is 2. The van der Waals surface area contributed by atoms with Gasteiger partial charge in [-0.05, 0) is 49.1 Å². The lowest BCUT2D eigenvalue weighted by atomic mass is 9.81. The lowest BCUT2D eigenvalue weighted by Gasteiger charge is -2.30. The highest BCUT2D eigenvalue weighted by molar-refractivity contribution is 5.92. The first kappa shape index (κ1) is 25.6. The zero-order chi connectivity index (χ0) is 21.4. The third kappa shape index (κ3) is 6.28. The Morgan fingerprint density at radius 3 is 2.37 bits per heavy atom. The Bertz CT molecular complexity index is 848. The minimum atomic E-state index is -0.570. The lowest BCUT2D eigenvalue weighted by Crippen LogP contribution is -2.46. The molecule has 164 valence electrons. The predicted molar refractivity (Wildman–Crippen MR) is 121 cm³/mol. The van der Waals surface area contributed by atoms with Crippen LogP contribution in [0.3, 0.4) is 0 Å². The summed E-state index contributed by atoms with van der Waals surface area (Å²) in [6.07, 6.45) is 1.30. The van der Waals surface area contributed by atoms with Crippen molar-refractivity contribution in [1.82, 2.24) is 5.32 Å². The van der Waals surface area contributed by atoms with Gasteiger partial charge in [-0.3, -0.25) is 9.59 Å². The van der Waals surface area contributed by atoms with Crippen molar-refractivity contribution >= 4 is 29.9 Å². The smallest absolute Gasteiger partial charge is 0.228 e. The van der Waals surface area contributed by atoms with Gasteiger partial charge in [0.15, 0.2) is 0 Å². The fourth-order valence-corrected chi connectivity index (χ4v) is 3.29. The van der Waals surface area contributed by atoms with Crippen molar-refractivity contribution in [3.63, 3.8) is 0 Å². The van der Waals surface area contributed by atoms with Crippen LogP contribution in [0.4, 0.5) is 10.1 Å². The molecule has 0 spiro atoms. The van der Waals surface area contributed by atoms with E-state index < -0.39 is 11.2 Å². The Hall–Kier alpha value is -2.44. The van der Waals surface area contributed by atoms with E-state index in [0.717, 1.165) is 5.56 Å². The predicted octanol–water partition coefficient (Wildman–Crippen LogP) is 4.37. The van der Waals surface area contributed by atoms with Crippen LogP contribution < -0.4 is 16.4 Å². The maximum Gasteiger partial charge on any atom is 0.228 e. The van der Waals surface area contributed by atoms with Crippen LogP contribution in [0.2, 0.25) is 0 Å². The summed E-state index contributed by atoms with van der Waals surface area (Å²) in [5, 5.41) is 5.83. The summed E-state index contributed by atoms with van der Waals surface area (Å²) < 4.78 is 13.7. The molecule has 0 bridgehead atoms. The van der Waals surface area contributed by atoms with Crippen LogP contribution in [0.5, 0.6) is 0 Å². The summed E-state index contributed by atoms with van der Waals surface area (Å²) >= 11 is 0. The molecule has 0 aromatic heterocycles. The molecule has 2 aromatic rings. The van der Waals surface area contributed by atoms with E-state index in [1.165, 1.54) is 6.07 Å². The molecular formula is C23H31ClFN3O2. The summed E-state index contributed by atoms with van der Waals surface area (Å²) in [4.78, 5) is 25.0. The highest BCUT2D eigenvalue weighted by Crippen LogP contribution is 2.27. The number of carbonyl (C=O) groups is 2. The third-order valence-electron chi connectivity index (χ3n) is 5.55. The van der Waals surface area contributed by atoms with E-state index in [0.29, 0.717) is 30.6 Å².